The van der Waals surface area contributed by atoms with E-state index in [9.17, 15) is 12.6 Å². The Labute approximate surface area is 142 Å². The fraction of sp³-hybridized carbons (Fsp3) is 0.188. The normalized spacial score (nSPS) is 13.2. The van der Waals surface area contributed by atoms with Gasteiger partial charge < -0.3 is 0 Å². The second-order valence-electron chi connectivity index (χ2n) is 4.94. The quantitative estimate of drug-likeness (QED) is 0.391. The maximum absolute atomic E-state index is 12.3. The van der Waals surface area contributed by atoms with E-state index in [-0.39, 0.29) is 10.3 Å². The Morgan fingerprint density at radius 3 is 2.54 bits per heavy atom. The molecule has 8 heteroatoms. The number of rotatable bonds is 6. The van der Waals surface area contributed by atoms with Crippen LogP contribution >= 0.6 is 0 Å². The third-order valence-corrected chi connectivity index (χ3v) is 5.73. The van der Waals surface area contributed by atoms with Gasteiger partial charge in [0.1, 0.15) is 0 Å². The molecule has 0 heterocycles. The van der Waals surface area contributed by atoms with E-state index in [0.717, 1.165) is 0 Å². The van der Waals surface area contributed by atoms with Crippen LogP contribution in [0.2, 0.25) is 0 Å². The van der Waals surface area contributed by atoms with Crippen LogP contribution in [-0.4, -0.2) is 36.0 Å². The Morgan fingerprint density at radius 1 is 1.21 bits per heavy atom. The van der Waals surface area contributed by atoms with Crippen molar-refractivity contribution < 1.29 is 26.5 Å². The van der Waals surface area contributed by atoms with Crippen molar-refractivity contribution in [2.24, 2.45) is 0 Å². The van der Waals surface area contributed by atoms with Crippen LogP contribution < -0.4 is 14.4 Å². The van der Waals surface area contributed by atoms with Crippen molar-refractivity contribution in [3.8, 4) is 16.9 Å². The molecule has 0 radical (unpaired) electrons. The zero-order valence-electron chi connectivity index (χ0n) is 13.2. The molecule has 0 spiro atoms. The second-order valence-corrected chi connectivity index (χ2v) is 8.48. The number of para-hydroxylation sites is 1. The van der Waals surface area contributed by atoms with E-state index < -0.39 is 14.2 Å². The van der Waals surface area contributed by atoms with Crippen LogP contribution in [-0.2, 0) is 12.4 Å². The third-order valence-electron chi connectivity index (χ3n) is 3.21. The molecule has 24 heavy (non-hydrogen) atoms. The minimum atomic E-state index is -5.19. The van der Waals surface area contributed by atoms with E-state index in [1.165, 1.54) is 13.0 Å². The van der Waals surface area contributed by atoms with Crippen molar-refractivity contribution in [2.45, 2.75) is 13.8 Å². The first-order chi connectivity index (χ1) is 11.4. The van der Waals surface area contributed by atoms with E-state index in [1.807, 2.05) is 6.92 Å². The molecule has 0 aromatic heterocycles. The van der Waals surface area contributed by atoms with Crippen LogP contribution in [0.15, 0.2) is 42.5 Å². The molecule has 1 atom stereocenters. The van der Waals surface area contributed by atoms with Crippen molar-refractivity contribution in [2.75, 3.05) is 11.9 Å². The maximum atomic E-state index is 12.3. The second kappa shape index (κ2) is 7.68. The average Bonchev–Trinajstić information content (AvgIpc) is 2.55. The van der Waals surface area contributed by atoms with Crippen molar-refractivity contribution in [3.05, 3.63) is 42.5 Å². The molecule has 2 rings (SSSR count). The van der Waals surface area contributed by atoms with E-state index in [4.69, 9.17) is 9.99 Å². The molecule has 7 nitrogen and oxygen atoms in total. The SMILES string of the molecule is CCOc1ccccc1-c1ccc(NC(C)=O)cc1[As](=O)(O)OO. The molecule has 128 valence electrons. The summed E-state index contributed by atoms with van der Waals surface area (Å²) in [4.78, 5) is 11.2. The van der Waals surface area contributed by atoms with Gasteiger partial charge in [-0.1, -0.05) is 0 Å². The van der Waals surface area contributed by atoms with Gasteiger partial charge in [-0.05, 0) is 0 Å². The van der Waals surface area contributed by atoms with Crippen LogP contribution in [0.4, 0.5) is 5.69 Å². The molecule has 0 bridgehead atoms. The molecular formula is C16H18AsNO6. The molecule has 1 unspecified atom stereocenters. The molecule has 1 amide bonds. The van der Waals surface area contributed by atoms with E-state index in [1.54, 1.807) is 36.4 Å². The van der Waals surface area contributed by atoms with Gasteiger partial charge in [0.15, 0.2) is 0 Å². The molecular weight excluding hydrogens is 377 g/mol. The van der Waals surface area contributed by atoms with Gasteiger partial charge in [-0.3, -0.25) is 0 Å². The summed E-state index contributed by atoms with van der Waals surface area (Å²) in [5.41, 5.74) is 1.28. The van der Waals surface area contributed by atoms with Gasteiger partial charge in [-0.25, -0.2) is 0 Å². The van der Waals surface area contributed by atoms with Crippen LogP contribution in [0.3, 0.4) is 0 Å². The number of hydrogen-bond donors (Lipinski definition) is 3. The van der Waals surface area contributed by atoms with Crippen LogP contribution in [0.1, 0.15) is 13.8 Å². The topological polar surface area (TPSA) is 105 Å². The number of amides is 1. The Hall–Kier alpha value is -2.05. The summed E-state index contributed by atoms with van der Waals surface area (Å²) in [7, 11) is 0. The fourth-order valence-corrected chi connectivity index (χ4v) is 4.16. The minimum absolute atomic E-state index is 0.0889. The Kier molecular flexibility index (Phi) is 5.85. The Morgan fingerprint density at radius 2 is 1.92 bits per heavy atom. The standard InChI is InChI=1S/C16H18AsNO6/c1-3-23-16-7-5-4-6-14(16)13-9-8-12(18-11(2)19)10-15(13)17(20,21)24-22/h4-10,22H,3H2,1-2H3,(H,18,19)(H,20,21). The van der Waals surface area contributed by atoms with Gasteiger partial charge in [-0.2, -0.15) is 0 Å². The van der Waals surface area contributed by atoms with Crippen LogP contribution in [0.25, 0.3) is 11.1 Å². The summed E-state index contributed by atoms with van der Waals surface area (Å²) in [6.45, 7) is 3.58. The van der Waals surface area contributed by atoms with Crippen molar-refractivity contribution in [1.82, 2.24) is 0 Å². The van der Waals surface area contributed by atoms with Crippen molar-refractivity contribution in [3.63, 3.8) is 0 Å². The molecule has 0 aliphatic rings. The monoisotopic (exact) mass is 395 g/mol. The fourth-order valence-electron chi connectivity index (χ4n) is 2.29. The molecule has 0 aliphatic carbocycles. The average molecular weight is 395 g/mol. The first-order valence-corrected chi connectivity index (χ1v) is 10.5. The summed E-state index contributed by atoms with van der Waals surface area (Å²) >= 11 is -5.19. The van der Waals surface area contributed by atoms with Crippen molar-refractivity contribution >= 4 is 30.1 Å². The van der Waals surface area contributed by atoms with E-state index in [0.29, 0.717) is 29.2 Å². The predicted octanol–water partition coefficient (Wildman–Crippen LogP) is 1.77. The van der Waals surface area contributed by atoms with Crippen molar-refractivity contribution in [1.29, 1.82) is 0 Å². The number of carbonyl (C=O) groups is 1. The summed E-state index contributed by atoms with van der Waals surface area (Å²) in [6, 6.07) is 11.5. The number of hydrogen-bond acceptors (Lipinski definition) is 5. The van der Waals surface area contributed by atoms with Gasteiger partial charge in [-0.15, -0.1) is 0 Å². The molecule has 0 fully saturated rings. The molecule has 2 aromatic rings. The van der Waals surface area contributed by atoms with Gasteiger partial charge in [0, 0.05) is 0 Å². The number of carbonyl (C=O) groups excluding carboxylic acids is 1. The van der Waals surface area contributed by atoms with E-state index in [2.05, 4.69) is 9.19 Å². The molecule has 2 aromatic carbocycles. The number of nitrogens with one attached hydrogen (secondary N) is 1. The molecule has 3 N–H and O–H groups in total. The summed E-state index contributed by atoms with van der Waals surface area (Å²) in [6.07, 6.45) is 0. The Balaban J connectivity index is 2.66. The zero-order valence-corrected chi connectivity index (χ0v) is 15.1. The summed E-state index contributed by atoms with van der Waals surface area (Å²) in [5, 5.41) is 11.4. The van der Waals surface area contributed by atoms with Gasteiger partial charge in [0.2, 0.25) is 0 Å². The zero-order chi connectivity index (χ0) is 17.7. The summed E-state index contributed by atoms with van der Waals surface area (Å²) < 4.78 is 31.6. The molecule has 0 saturated carbocycles. The predicted molar refractivity (Wildman–Crippen MR) is 89.4 cm³/mol. The van der Waals surface area contributed by atoms with Gasteiger partial charge >= 0.3 is 142 Å². The first-order valence-electron chi connectivity index (χ1n) is 7.19. The molecule has 0 saturated heterocycles. The Bertz CT molecular complexity index is 792. The number of anilines is 1. The van der Waals surface area contributed by atoms with Crippen LogP contribution in [0.5, 0.6) is 5.75 Å². The van der Waals surface area contributed by atoms with Crippen LogP contribution in [0, 0.1) is 0 Å². The number of ether oxygens (including phenoxy) is 1. The number of benzene rings is 2. The van der Waals surface area contributed by atoms with Gasteiger partial charge in [0.05, 0.1) is 0 Å². The van der Waals surface area contributed by atoms with E-state index >= 15 is 0 Å². The first kappa shape index (κ1) is 18.3. The summed E-state index contributed by atoms with van der Waals surface area (Å²) in [5.74, 6) is 0.204. The molecule has 0 aliphatic heterocycles. The van der Waals surface area contributed by atoms with Gasteiger partial charge in [0.25, 0.3) is 0 Å². The third kappa shape index (κ3) is 4.07.